The minimum absolute atomic E-state index is 0.0505. The fourth-order valence-electron chi connectivity index (χ4n) is 1.82. The average Bonchev–Trinajstić information content (AvgIpc) is 2.98. The van der Waals surface area contributed by atoms with Gasteiger partial charge in [0.25, 0.3) is 5.69 Å². The molecule has 1 aromatic rings. The summed E-state index contributed by atoms with van der Waals surface area (Å²) in [5, 5.41) is 10.9. The summed E-state index contributed by atoms with van der Waals surface area (Å²) in [4.78, 5) is 26.0. The third-order valence-corrected chi connectivity index (χ3v) is 3.34. The van der Waals surface area contributed by atoms with Crippen molar-refractivity contribution < 1.29 is 9.72 Å². The summed E-state index contributed by atoms with van der Waals surface area (Å²) in [5.74, 6) is -0.0505. The van der Waals surface area contributed by atoms with Crippen molar-refractivity contribution in [3.63, 3.8) is 0 Å². The number of hydrogen-bond acceptors (Lipinski definition) is 4. The Labute approximate surface area is 100 Å². The maximum atomic E-state index is 11.5. The van der Waals surface area contributed by atoms with Gasteiger partial charge in [-0.25, -0.2) is 0 Å². The lowest BCUT2D eigenvalue weighted by Crippen LogP contribution is -2.20. The van der Waals surface area contributed by atoms with Gasteiger partial charge >= 0.3 is 0 Å². The van der Waals surface area contributed by atoms with E-state index in [1.54, 1.807) is 0 Å². The van der Waals surface area contributed by atoms with E-state index in [0.29, 0.717) is 23.0 Å². The predicted octanol–water partition coefficient (Wildman–Crippen LogP) is 2.37. The van der Waals surface area contributed by atoms with E-state index < -0.39 is 10.3 Å². The molecule has 1 aliphatic rings. The molecule has 0 amide bonds. The van der Waals surface area contributed by atoms with Crippen LogP contribution in [0.1, 0.15) is 25.5 Å². The molecule has 1 aliphatic carbocycles. The first kappa shape index (κ1) is 11.2. The number of carbonyl (C=O) groups excluding carboxylic acids is 1. The third kappa shape index (κ3) is 1.63. The number of carbonyl (C=O) groups is 1. The second-order valence-corrected chi connectivity index (χ2v) is 4.83. The molecule has 0 N–H and O–H groups in total. The Kier molecular flexibility index (Phi) is 2.53. The maximum absolute atomic E-state index is 11.5. The molecule has 0 aliphatic heterocycles. The third-order valence-electron chi connectivity index (χ3n) is 2.91. The smallest absolute Gasteiger partial charge is 0.292 e. The molecule has 1 saturated carbocycles. The lowest BCUT2D eigenvalue weighted by atomic mass is 9.96. The summed E-state index contributed by atoms with van der Waals surface area (Å²) in [7, 11) is 0. The molecule has 1 aromatic heterocycles. The van der Waals surface area contributed by atoms with Gasteiger partial charge in [-0.1, -0.05) is 0 Å². The van der Waals surface area contributed by atoms with Crippen molar-refractivity contribution in [1.82, 2.24) is 4.98 Å². The van der Waals surface area contributed by atoms with E-state index in [-0.39, 0.29) is 11.5 Å². The average molecular weight is 285 g/mol. The molecule has 0 radical (unpaired) electrons. The van der Waals surface area contributed by atoms with Gasteiger partial charge in [-0.2, -0.15) is 0 Å². The molecule has 5 nitrogen and oxygen atoms in total. The van der Waals surface area contributed by atoms with Crippen LogP contribution in [-0.4, -0.2) is 15.7 Å². The fourth-order valence-corrected chi connectivity index (χ4v) is 2.14. The molecule has 1 heterocycles. The van der Waals surface area contributed by atoms with Crippen LogP contribution < -0.4 is 0 Å². The lowest BCUT2D eigenvalue weighted by molar-refractivity contribution is -0.386. The van der Waals surface area contributed by atoms with Crippen LogP contribution in [0.15, 0.2) is 16.7 Å². The topological polar surface area (TPSA) is 73.1 Å². The molecule has 0 unspecified atom stereocenters. The van der Waals surface area contributed by atoms with Crippen molar-refractivity contribution >= 4 is 27.4 Å². The van der Waals surface area contributed by atoms with Crippen molar-refractivity contribution in [1.29, 1.82) is 0 Å². The quantitative estimate of drug-likeness (QED) is 0.631. The van der Waals surface area contributed by atoms with Crippen LogP contribution in [0.25, 0.3) is 0 Å². The fraction of sp³-hybridized carbons (Fsp3) is 0.400. The largest absolute Gasteiger partial charge is 0.299 e. The summed E-state index contributed by atoms with van der Waals surface area (Å²) in [6.45, 7) is 1.46. The van der Waals surface area contributed by atoms with E-state index in [9.17, 15) is 14.9 Å². The molecule has 6 heteroatoms. The van der Waals surface area contributed by atoms with Gasteiger partial charge in [0.1, 0.15) is 11.5 Å². The second-order valence-electron chi connectivity index (χ2n) is 3.92. The Bertz CT molecular complexity index is 483. The molecule has 0 spiro atoms. The van der Waals surface area contributed by atoms with Crippen LogP contribution in [0.3, 0.4) is 0 Å². The number of rotatable bonds is 3. The highest BCUT2D eigenvalue weighted by Gasteiger charge is 2.53. The Hall–Kier alpha value is -1.30. The molecular weight excluding hydrogens is 276 g/mol. The molecule has 0 bridgehead atoms. The second kappa shape index (κ2) is 3.62. The predicted molar refractivity (Wildman–Crippen MR) is 60.2 cm³/mol. The zero-order valence-electron chi connectivity index (χ0n) is 8.57. The van der Waals surface area contributed by atoms with E-state index in [0.717, 1.165) is 0 Å². The number of aromatic nitrogens is 1. The maximum Gasteiger partial charge on any atom is 0.292 e. The van der Waals surface area contributed by atoms with E-state index >= 15 is 0 Å². The number of nitrogens with zero attached hydrogens (tertiary/aromatic N) is 2. The highest BCUT2D eigenvalue weighted by Crippen LogP contribution is 2.51. The minimum atomic E-state index is -0.705. The van der Waals surface area contributed by atoms with Gasteiger partial charge in [-0.15, -0.1) is 0 Å². The highest BCUT2D eigenvalue weighted by molar-refractivity contribution is 9.10. The molecule has 0 atom stereocenters. The van der Waals surface area contributed by atoms with Gasteiger partial charge in [-0.05, 0) is 35.7 Å². The summed E-state index contributed by atoms with van der Waals surface area (Å²) < 4.78 is 0.544. The first-order chi connectivity index (χ1) is 7.47. The number of hydrogen-bond donors (Lipinski definition) is 0. The Morgan fingerprint density at radius 3 is 2.69 bits per heavy atom. The number of nitro groups is 1. The zero-order chi connectivity index (χ0) is 11.9. The summed E-state index contributed by atoms with van der Waals surface area (Å²) in [6.07, 6.45) is 2.79. The number of Topliss-reactive ketones (excluding diaryl/α,β-unsaturated/α-hetero) is 1. The zero-order valence-corrected chi connectivity index (χ0v) is 10.2. The number of ketones is 1. The Balaban J connectivity index is 2.57. The van der Waals surface area contributed by atoms with Crippen LogP contribution in [0, 0.1) is 10.1 Å². The minimum Gasteiger partial charge on any atom is -0.299 e. The van der Waals surface area contributed by atoms with Gasteiger partial charge < -0.3 is 0 Å². The van der Waals surface area contributed by atoms with Crippen LogP contribution in [0.5, 0.6) is 0 Å². The normalized spacial score (nSPS) is 16.9. The standard InChI is InChI=1S/C10H9BrN2O3/c1-6(14)10(2-3-10)9-8(13(15)16)4-7(11)5-12-9/h4-5H,2-3H2,1H3. The van der Waals surface area contributed by atoms with Crippen LogP contribution >= 0.6 is 15.9 Å². The Morgan fingerprint density at radius 2 is 2.25 bits per heavy atom. The van der Waals surface area contributed by atoms with Crippen LogP contribution in [0.2, 0.25) is 0 Å². The lowest BCUT2D eigenvalue weighted by Gasteiger charge is -2.10. The molecular formula is C10H9BrN2O3. The molecule has 0 saturated heterocycles. The molecule has 1 fully saturated rings. The van der Waals surface area contributed by atoms with Gasteiger partial charge in [0.15, 0.2) is 0 Å². The van der Waals surface area contributed by atoms with Crippen molar-refractivity contribution in [2.75, 3.05) is 0 Å². The molecule has 2 rings (SSSR count). The molecule has 84 valence electrons. The van der Waals surface area contributed by atoms with Crippen molar-refractivity contribution in [2.45, 2.75) is 25.2 Å². The van der Waals surface area contributed by atoms with Gasteiger partial charge in [0.05, 0.1) is 10.3 Å². The Morgan fingerprint density at radius 1 is 1.62 bits per heavy atom. The number of halogens is 1. The summed E-state index contributed by atoms with van der Waals surface area (Å²) >= 11 is 3.14. The van der Waals surface area contributed by atoms with E-state index in [2.05, 4.69) is 20.9 Å². The van der Waals surface area contributed by atoms with Crippen LogP contribution in [-0.2, 0) is 10.2 Å². The van der Waals surface area contributed by atoms with Gasteiger partial charge in [-0.3, -0.25) is 19.9 Å². The molecule has 16 heavy (non-hydrogen) atoms. The van der Waals surface area contributed by atoms with Crippen molar-refractivity contribution in [3.05, 3.63) is 32.5 Å². The summed E-state index contributed by atoms with van der Waals surface area (Å²) in [5.41, 5.74) is -0.487. The van der Waals surface area contributed by atoms with Crippen LogP contribution in [0.4, 0.5) is 5.69 Å². The van der Waals surface area contributed by atoms with Crippen molar-refractivity contribution in [2.24, 2.45) is 0 Å². The summed E-state index contributed by atoms with van der Waals surface area (Å²) in [6, 6.07) is 1.39. The van der Waals surface area contributed by atoms with Crippen molar-refractivity contribution in [3.8, 4) is 0 Å². The van der Waals surface area contributed by atoms with E-state index in [4.69, 9.17) is 0 Å². The highest BCUT2D eigenvalue weighted by atomic mass is 79.9. The molecule has 0 aromatic carbocycles. The van der Waals surface area contributed by atoms with E-state index in [1.807, 2.05) is 0 Å². The monoisotopic (exact) mass is 284 g/mol. The first-order valence-electron chi connectivity index (χ1n) is 4.79. The van der Waals surface area contributed by atoms with Gasteiger partial charge in [0, 0.05) is 16.7 Å². The van der Waals surface area contributed by atoms with Gasteiger partial charge in [0.2, 0.25) is 0 Å². The SMILES string of the molecule is CC(=O)C1(c2ncc(Br)cc2[N+](=O)[O-])CC1. The first-order valence-corrected chi connectivity index (χ1v) is 5.58. The van der Waals surface area contributed by atoms with E-state index in [1.165, 1.54) is 19.2 Å². The number of pyridine rings is 1.